The van der Waals surface area contributed by atoms with Crippen LogP contribution in [0, 0.1) is 0 Å². The summed E-state index contributed by atoms with van der Waals surface area (Å²) in [5, 5.41) is 5.19. The van der Waals surface area contributed by atoms with E-state index in [4.69, 9.17) is 14.6 Å². The SMILES string of the molecule is CCN(Cc1cccc2c1OCCO2)C(=O)c1cc(S(N)(=O)=O)ccc1Br. The number of nitrogens with zero attached hydrogens (tertiary/aromatic N) is 1. The molecule has 27 heavy (non-hydrogen) atoms. The number of sulfonamides is 1. The number of fused-ring (bicyclic) bond motifs is 1. The van der Waals surface area contributed by atoms with E-state index in [0.29, 0.717) is 42.3 Å². The minimum Gasteiger partial charge on any atom is -0.486 e. The van der Waals surface area contributed by atoms with Crippen LogP contribution in [0.4, 0.5) is 0 Å². The number of carbonyl (C=O) groups excluding carboxylic acids is 1. The summed E-state index contributed by atoms with van der Waals surface area (Å²) < 4.78 is 35.0. The smallest absolute Gasteiger partial charge is 0.255 e. The maximum absolute atomic E-state index is 13.0. The van der Waals surface area contributed by atoms with E-state index in [1.165, 1.54) is 18.2 Å². The molecule has 0 saturated carbocycles. The molecule has 144 valence electrons. The Morgan fingerprint density at radius 2 is 1.96 bits per heavy atom. The summed E-state index contributed by atoms with van der Waals surface area (Å²) >= 11 is 3.31. The van der Waals surface area contributed by atoms with Crippen molar-refractivity contribution in [3.8, 4) is 11.5 Å². The first-order valence-corrected chi connectivity index (χ1v) is 10.6. The summed E-state index contributed by atoms with van der Waals surface area (Å²) in [6.45, 7) is 3.51. The number of hydrogen-bond donors (Lipinski definition) is 1. The van der Waals surface area contributed by atoms with Crippen LogP contribution in [0.1, 0.15) is 22.8 Å². The van der Waals surface area contributed by atoms with Crippen molar-refractivity contribution in [2.24, 2.45) is 5.14 Å². The molecule has 0 saturated heterocycles. The van der Waals surface area contributed by atoms with Crippen molar-refractivity contribution in [3.63, 3.8) is 0 Å². The molecular formula is C18H19BrN2O5S. The molecule has 7 nitrogen and oxygen atoms in total. The number of ether oxygens (including phenoxy) is 2. The molecule has 0 atom stereocenters. The second kappa shape index (κ2) is 7.87. The monoisotopic (exact) mass is 454 g/mol. The lowest BCUT2D eigenvalue weighted by Crippen LogP contribution is -2.31. The zero-order valence-electron chi connectivity index (χ0n) is 14.6. The lowest BCUT2D eigenvalue weighted by molar-refractivity contribution is 0.0748. The van der Waals surface area contributed by atoms with Gasteiger partial charge >= 0.3 is 0 Å². The van der Waals surface area contributed by atoms with E-state index in [-0.39, 0.29) is 16.4 Å². The highest BCUT2D eigenvalue weighted by Gasteiger charge is 2.23. The average molecular weight is 455 g/mol. The van der Waals surface area contributed by atoms with E-state index in [2.05, 4.69) is 15.9 Å². The summed E-state index contributed by atoms with van der Waals surface area (Å²) in [7, 11) is -3.91. The van der Waals surface area contributed by atoms with Gasteiger partial charge in [0.1, 0.15) is 13.2 Å². The highest BCUT2D eigenvalue weighted by molar-refractivity contribution is 9.10. The number of rotatable bonds is 5. The largest absolute Gasteiger partial charge is 0.486 e. The van der Waals surface area contributed by atoms with Gasteiger partial charge in [0.25, 0.3) is 5.91 Å². The molecule has 2 N–H and O–H groups in total. The van der Waals surface area contributed by atoms with E-state index in [0.717, 1.165) is 5.56 Å². The van der Waals surface area contributed by atoms with Crippen molar-refractivity contribution >= 4 is 31.9 Å². The zero-order chi connectivity index (χ0) is 19.6. The van der Waals surface area contributed by atoms with E-state index < -0.39 is 10.0 Å². The number of halogens is 1. The van der Waals surface area contributed by atoms with Gasteiger partial charge in [-0.15, -0.1) is 0 Å². The van der Waals surface area contributed by atoms with Crippen LogP contribution in [0.5, 0.6) is 11.5 Å². The van der Waals surface area contributed by atoms with Gasteiger partial charge in [-0.1, -0.05) is 12.1 Å². The van der Waals surface area contributed by atoms with Gasteiger partial charge < -0.3 is 14.4 Å². The molecule has 1 aliphatic heterocycles. The standard InChI is InChI=1S/C18H19BrN2O5S/c1-2-21(11-12-4-3-5-16-17(12)26-9-8-25-16)18(22)14-10-13(27(20,23)24)6-7-15(14)19/h3-7,10H,2,8-9,11H2,1H3,(H2,20,23,24). The molecule has 2 aromatic rings. The van der Waals surface area contributed by atoms with E-state index in [9.17, 15) is 13.2 Å². The topological polar surface area (TPSA) is 98.9 Å². The molecule has 0 aromatic heterocycles. The van der Waals surface area contributed by atoms with Crippen LogP contribution in [0.3, 0.4) is 0 Å². The van der Waals surface area contributed by atoms with Gasteiger partial charge in [-0.2, -0.15) is 0 Å². The first kappa shape index (κ1) is 19.7. The first-order chi connectivity index (χ1) is 12.8. The molecule has 0 spiro atoms. The van der Waals surface area contributed by atoms with Crippen LogP contribution in [0.15, 0.2) is 45.8 Å². The van der Waals surface area contributed by atoms with E-state index in [1.54, 1.807) is 4.90 Å². The maximum atomic E-state index is 13.0. The Bertz CT molecular complexity index is 978. The van der Waals surface area contributed by atoms with Gasteiger partial charge in [0.05, 0.1) is 10.5 Å². The fourth-order valence-electron chi connectivity index (χ4n) is 2.81. The Hall–Kier alpha value is -2.10. The molecule has 2 aromatic carbocycles. The van der Waals surface area contributed by atoms with E-state index >= 15 is 0 Å². The van der Waals surface area contributed by atoms with Crippen molar-refractivity contribution in [3.05, 3.63) is 52.0 Å². The summed E-state index contributed by atoms with van der Waals surface area (Å²) in [4.78, 5) is 14.5. The summed E-state index contributed by atoms with van der Waals surface area (Å²) in [5.41, 5.74) is 1.05. The number of hydrogen-bond acceptors (Lipinski definition) is 5. The second-order valence-electron chi connectivity index (χ2n) is 5.95. The van der Waals surface area contributed by atoms with Gasteiger partial charge in [-0.25, -0.2) is 13.6 Å². The minimum atomic E-state index is -3.91. The predicted octanol–water partition coefficient (Wildman–Crippen LogP) is 2.53. The first-order valence-electron chi connectivity index (χ1n) is 8.30. The fraction of sp³-hybridized carbons (Fsp3) is 0.278. The van der Waals surface area contributed by atoms with Crippen LogP contribution in [-0.2, 0) is 16.6 Å². The Balaban J connectivity index is 1.92. The van der Waals surface area contributed by atoms with Gasteiger partial charge in [0, 0.05) is 23.1 Å². The Labute approximate surface area is 166 Å². The Morgan fingerprint density at radius 1 is 1.22 bits per heavy atom. The summed E-state index contributed by atoms with van der Waals surface area (Å²) in [6, 6.07) is 9.68. The van der Waals surface area contributed by atoms with Gasteiger partial charge in [-0.3, -0.25) is 4.79 Å². The molecular weight excluding hydrogens is 436 g/mol. The molecule has 1 aliphatic rings. The van der Waals surface area contributed by atoms with Crippen LogP contribution >= 0.6 is 15.9 Å². The summed E-state index contributed by atoms with van der Waals surface area (Å²) in [5.74, 6) is 0.969. The molecule has 0 unspecified atom stereocenters. The molecule has 1 amide bonds. The number of benzene rings is 2. The van der Waals surface area contributed by atoms with Crippen molar-refractivity contribution < 1.29 is 22.7 Å². The van der Waals surface area contributed by atoms with Crippen molar-refractivity contribution in [1.29, 1.82) is 0 Å². The predicted molar refractivity (Wildman–Crippen MR) is 103 cm³/mol. The maximum Gasteiger partial charge on any atom is 0.255 e. The molecule has 0 radical (unpaired) electrons. The van der Waals surface area contributed by atoms with Crippen LogP contribution in [0.25, 0.3) is 0 Å². The molecule has 3 rings (SSSR count). The van der Waals surface area contributed by atoms with E-state index in [1.807, 2.05) is 25.1 Å². The van der Waals surface area contributed by atoms with Crippen molar-refractivity contribution in [2.45, 2.75) is 18.4 Å². The van der Waals surface area contributed by atoms with Crippen molar-refractivity contribution in [1.82, 2.24) is 4.90 Å². The van der Waals surface area contributed by atoms with Gasteiger partial charge in [-0.05, 0) is 47.1 Å². The molecule has 0 bridgehead atoms. The number of nitrogens with two attached hydrogens (primary N) is 1. The van der Waals surface area contributed by atoms with Crippen LogP contribution < -0.4 is 14.6 Å². The highest BCUT2D eigenvalue weighted by atomic mass is 79.9. The normalized spacial score (nSPS) is 13.3. The minimum absolute atomic E-state index is 0.112. The molecule has 9 heteroatoms. The third kappa shape index (κ3) is 4.26. The zero-order valence-corrected chi connectivity index (χ0v) is 17.0. The van der Waals surface area contributed by atoms with Crippen molar-refractivity contribution in [2.75, 3.05) is 19.8 Å². The number of amides is 1. The summed E-state index contributed by atoms with van der Waals surface area (Å²) in [6.07, 6.45) is 0. The average Bonchev–Trinajstić information content (AvgIpc) is 2.65. The highest BCUT2D eigenvalue weighted by Crippen LogP contribution is 2.34. The second-order valence-corrected chi connectivity index (χ2v) is 8.36. The molecule has 0 fully saturated rings. The third-order valence-electron chi connectivity index (χ3n) is 4.17. The van der Waals surface area contributed by atoms with Gasteiger partial charge in [0.2, 0.25) is 10.0 Å². The number of primary sulfonamides is 1. The number of carbonyl (C=O) groups is 1. The Morgan fingerprint density at radius 3 is 2.67 bits per heavy atom. The lowest BCUT2D eigenvalue weighted by Gasteiger charge is -2.26. The lowest BCUT2D eigenvalue weighted by atomic mass is 10.1. The van der Waals surface area contributed by atoms with Crippen LogP contribution in [0.2, 0.25) is 0 Å². The third-order valence-corrected chi connectivity index (χ3v) is 5.78. The Kier molecular flexibility index (Phi) is 5.73. The quantitative estimate of drug-likeness (QED) is 0.747. The number of para-hydroxylation sites is 1. The fourth-order valence-corrected chi connectivity index (χ4v) is 3.76. The molecule has 0 aliphatic carbocycles. The van der Waals surface area contributed by atoms with Gasteiger partial charge in [0.15, 0.2) is 11.5 Å². The van der Waals surface area contributed by atoms with Crippen LogP contribution in [-0.4, -0.2) is 39.0 Å². The molecule has 1 heterocycles.